The fraction of sp³-hybridized carbons (Fsp3) is 0.273. The number of para-hydroxylation sites is 1. The van der Waals surface area contributed by atoms with Gasteiger partial charge >= 0.3 is 0 Å². The van der Waals surface area contributed by atoms with E-state index < -0.39 is 0 Å². The third-order valence-electron chi connectivity index (χ3n) is 4.76. The van der Waals surface area contributed by atoms with Crippen LogP contribution in [0.1, 0.15) is 17.7 Å². The van der Waals surface area contributed by atoms with Crippen LogP contribution in [0.3, 0.4) is 0 Å². The first kappa shape index (κ1) is 20.2. The van der Waals surface area contributed by atoms with Crippen molar-refractivity contribution in [3.05, 3.63) is 66.2 Å². The first-order valence-electron chi connectivity index (χ1n) is 9.68. The highest BCUT2D eigenvalue weighted by atomic mass is 32.2. The van der Waals surface area contributed by atoms with Crippen LogP contribution < -0.4 is 14.4 Å². The molecule has 0 spiro atoms. The summed E-state index contributed by atoms with van der Waals surface area (Å²) in [6.07, 6.45) is 6.96. The highest BCUT2D eigenvalue weighted by molar-refractivity contribution is 7.98. The number of methoxy groups -OCH3 is 1. The topological polar surface area (TPSA) is 77.4 Å². The van der Waals surface area contributed by atoms with Gasteiger partial charge in [0.25, 0.3) is 5.91 Å². The van der Waals surface area contributed by atoms with Gasteiger partial charge in [-0.15, -0.1) is 0 Å². The smallest absolute Gasteiger partial charge is 0.264 e. The van der Waals surface area contributed by atoms with Gasteiger partial charge in [0, 0.05) is 36.4 Å². The lowest BCUT2D eigenvalue weighted by molar-refractivity contribution is -0.120. The Labute approximate surface area is 179 Å². The highest BCUT2D eigenvalue weighted by Gasteiger charge is 2.23. The Balaban J connectivity index is 1.43. The van der Waals surface area contributed by atoms with Crippen molar-refractivity contribution in [2.45, 2.75) is 23.8 Å². The van der Waals surface area contributed by atoms with Gasteiger partial charge in [0.1, 0.15) is 0 Å². The molecule has 3 heterocycles. The molecule has 0 saturated heterocycles. The molecule has 1 aliphatic rings. The van der Waals surface area contributed by atoms with Gasteiger partial charge < -0.3 is 14.4 Å². The number of amides is 1. The number of aryl methyl sites for hydroxylation is 1. The molecule has 0 aliphatic carbocycles. The molecule has 2 aromatic heterocycles. The first-order valence-corrected chi connectivity index (χ1v) is 10.7. The normalized spacial score (nSPS) is 12.9. The second-order valence-corrected chi connectivity index (χ2v) is 7.66. The summed E-state index contributed by atoms with van der Waals surface area (Å²) in [5, 5.41) is 0.677. The summed E-state index contributed by atoms with van der Waals surface area (Å²) in [5.41, 5.74) is 2.96. The molecule has 7 nitrogen and oxygen atoms in total. The van der Waals surface area contributed by atoms with E-state index in [4.69, 9.17) is 9.47 Å². The molecule has 4 rings (SSSR count). The largest absolute Gasteiger partial charge is 0.491 e. The third kappa shape index (κ3) is 4.71. The minimum Gasteiger partial charge on any atom is -0.491 e. The van der Waals surface area contributed by atoms with Gasteiger partial charge in [0.05, 0.1) is 19.0 Å². The SMILES string of the molecule is COc1cnc(CSc2ncccn2)cc1OCC(=O)N1CCCc2ccccc21. The molecule has 0 unspecified atom stereocenters. The van der Waals surface area contributed by atoms with E-state index in [1.807, 2.05) is 18.2 Å². The summed E-state index contributed by atoms with van der Waals surface area (Å²) < 4.78 is 11.2. The minimum atomic E-state index is -0.0744. The number of hydrogen-bond acceptors (Lipinski definition) is 7. The van der Waals surface area contributed by atoms with Crippen molar-refractivity contribution in [1.82, 2.24) is 15.0 Å². The van der Waals surface area contributed by atoms with E-state index in [2.05, 4.69) is 21.0 Å². The zero-order valence-corrected chi connectivity index (χ0v) is 17.5. The fourth-order valence-electron chi connectivity index (χ4n) is 3.32. The van der Waals surface area contributed by atoms with E-state index in [1.54, 1.807) is 42.7 Å². The molecule has 0 radical (unpaired) electrons. The van der Waals surface area contributed by atoms with E-state index in [1.165, 1.54) is 17.3 Å². The summed E-state index contributed by atoms with van der Waals surface area (Å²) >= 11 is 1.48. The summed E-state index contributed by atoms with van der Waals surface area (Å²) in [6, 6.07) is 11.6. The molecule has 0 bridgehead atoms. The number of pyridine rings is 1. The predicted molar refractivity (Wildman–Crippen MR) is 115 cm³/mol. The van der Waals surface area contributed by atoms with Crippen molar-refractivity contribution in [1.29, 1.82) is 0 Å². The third-order valence-corrected chi connectivity index (χ3v) is 5.67. The Kier molecular flexibility index (Phi) is 6.44. The molecule has 0 saturated carbocycles. The Morgan fingerprint density at radius 1 is 1.13 bits per heavy atom. The van der Waals surface area contributed by atoms with E-state index in [9.17, 15) is 4.79 Å². The van der Waals surface area contributed by atoms with E-state index in [0.29, 0.717) is 29.0 Å². The number of thioether (sulfide) groups is 1. The molecule has 8 heteroatoms. The second-order valence-electron chi connectivity index (χ2n) is 6.71. The van der Waals surface area contributed by atoms with Crippen molar-refractivity contribution >= 4 is 23.4 Å². The Bertz CT molecular complexity index is 1020. The molecular formula is C22H22N4O3S. The average Bonchev–Trinajstić information content (AvgIpc) is 2.81. The van der Waals surface area contributed by atoms with E-state index >= 15 is 0 Å². The molecule has 0 fully saturated rings. The zero-order chi connectivity index (χ0) is 20.8. The van der Waals surface area contributed by atoms with Crippen molar-refractivity contribution in [3.63, 3.8) is 0 Å². The van der Waals surface area contributed by atoms with Gasteiger partial charge in [-0.3, -0.25) is 9.78 Å². The number of benzene rings is 1. The quantitative estimate of drug-likeness (QED) is 0.426. The van der Waals surface area contributed by atoms with Gasteiger partial charge in [-0.1, -0.05) is 30.0 Å². The summed E-state index contributed by atoms with van der Waals surface area (Å²) in [4.78, 5) is 27.4. The van der Waals surface area contributed by atoms with Crippen molar-refractivity contribution in [2.75, 3.05) is 25.2 Å². The highest BCUT2D eigenvalue weighted by Crippen LogP contribution is 2.30. The van der Waals surface area contributed by atoms with Crippen LogP contribution >= 0.6 is 11.8 Å². The molecule has 3 aromatic rings. The molecular weight excluding hydrogens is 400 g/mol. The number of carbonyl (C=O) groups is 1. The monoisotopic (exact) mass is 422 g/mol. The van der Waals surface area contributed by atoms with Crippen LogP contribution in [0.15, 0.2) is 60.1 Å². The van der Waals surface area contributed by atoms with Crippen molar-refractivity contribution in [2.24, 2.45) is 0 Å². The summed E-state index contributed by atoms with van der Waals surface area (Å²) in [5.74, 6) is 1.49. The van der Waals surface area contributed by atoms with Crippen LogP contribution in [-0.2, 0) is 17.0 Å². The lowest BCUT2D eigenvalue weighted by atomic mass is 10.0. The van der Waals surface area contributed by atoms with Crippen LogP contribution in [0.2, 0.25) is 0 Å². The van der Waals surface area contributed by atoms with Gasteiger partial charge in [-0.05, 0) is 30.5 Å². The van der Waals surface area contributed by atoms with Crippen molar-refractivity contribution in [3.8, 4) is 11.5 Å². The van der Waals surface area contributed by atoms with Gasteiger partial charge in [-0.2, -0.15) is 0 Å². The molecule has 0 atom stereocenters. The van der Waals surface area contributed by atoms with E-state index in [-0.39, 0.29) is 12.5 Å². The minimum absolute atomic E-state index is 0.0664. The van der Waals surface area contributed by atoms with E-state index in [0.717, 1.165) is 24.2 Å². The van der Waals surface area contributed by atoms with Crippen LogP contribution in [0, 0.1) is 0 Å². The maximum atomic E-state index is 12.9. The molecule has 1 aromatic carbocycles. The van der Waals surface area contributed by atoms with Crippen LogP contribution in [-0.4, -0.2) is 41.1 Å². The number of carbonyl (C=O) groups excluding carboxylic acids is 1. The number of nitrogens with zero attached hydrogens (tertiary/aromatic N) is 4. The molecule has 1 amide bonds. The number of anilines is 1. The lowest BCUT2D eigenvalue weighted by Crippen LogP contribution is -2.38. The number of fused-ring (bicyclic) bond motifs is 1. The van der Waals surface area contributed by atoms with Crippen LogP contribution in [0.4, 0.5) is 5.69 Å². The van der Waals surface area contributed by atoms with Crippen LogP contribution in [0.25, 0.3) is 0 Å². The molecule has 1 aliphatic heterocycles. The first-order chi connectivity index (χ1) is 14.7. The maximum absolute atomic E-state index is 12.9. The Morgan fingerprint density at radius 3 is 2.80 bits per heavy atom. The average molecular weight is 423 g/mol. The zero-order valence-electron chi connectivity index (χ0n) is 16.7. The van der Waals surface area contributed by atoms with Gasteiger partial charge in [0.15, 0.2) is 23.3 Å². The Morgan fingerprint density at radius 2 is 1.97 bits per heavy atom. The molecule has 154 valence electrons. The van der Waals surface area contributed by atoms with Gasteiger partial charge in [0.2, 0.25) is 0 Å². The predicted octanol–water partition coefficient (Wildman–Crippen LogP) is 3.53. The lowest BCUT2D eigenvalue weighted by Gasteiger charge is -2.29. The van der Waals surface area contributed by atoms with Crippen molar-refractivity contribution < 1.29 is 14.3 Å². The fourth-order valence-corrected chi connectivity index (χ4v) is 4.02. The number of aromatic nitrogens is 3. The molecule has 30 heavy (non-hydrogen) atoms. The Hall–Kier alpha value is -3.13. The number of hydrogen-bond donors (Lipinski definition) is 0. The summed E-state index contributed by atoms with van der Waals surface area (Å²) in [6.45, 7) is 0.634. The van der Waals surface area contributed by atoms with Crippen LogP contribution in [0.5, 0.6) is 11.5 Å². The van der Waals surface area contributed by atoms with Gasteiger partial charge in [-0.25, -0.2) is 9.97 Å². The number of rotatable bonds is 7. The maximum Gasteiger partial charge on any atom is 0.264 e. The summed E-state index contributed by atoms with van der Waals surface area (Å²) in [7, 11) is 1.55. The molecule has 0 N–H and O–H groups in total. The standard InChI is InChI=1S/C22H22N4O3S/c1-28-20-13-25-17(15-30-22-23-9-5-10-24-22)12-19(20)29-14-21(27)26-11-4-7-16-6-2-3-8-18(16)26/h2-3,5-6,8-10,12-13H,4,7,11,14-15H2,1H3. The number of ether oxygens (including phenoxy) is 2. The second kappa shape index (κ2) is 9.58.